The van der Waals surface area contributed by atoms with Gasteiger partial charge in [-0.25, -0.2) is 0 Å². The van der Waals surface area contributed by atoms with Crippen molar-refractivity contribution in [2.45, 2.75) is 174 Å². The van der Waals surface area contributed by atoms with E-state index in [9.17, 15) is 19.8 Å². The van der Waals surface area contributed by atoms with Crippen molar-refractivity contribution in [2.75, 3.05) is 13.2 Å². The molecule has 0 heterocycles. The highest BCUT2D eigenvalue weighted by molar-refractivity contribution is 5.69. The van der Waals surface area contributed by atoms with Crippen LogP contribution in [0.3, 0.4) is 0 Å². The smallest absolute Gasteiger partial charge is 0.305 e. The molecule has 0 spiro atoms. The number of carbonyl (C=O) groups is 2. The Morgan fingerprint density at radius 3 is 1.74 bits per heavy atom. The number of ether oxygens (including phenoxy) is 2. The van der Waals surface area contributed by atoms with Crippen molar-refractivity contribution in [3.05, 3.63) is 48.6 Å². The fourth-order valence-corrected chi connectivity index (χ4v) is 4.93. The third kappa shape index (κ3) is 33.2. The van der Waals surface area contributed by atoms with Crippen LogP contribution in [0.2, 0.25) is 0 Å². The summed E-state index contributed by atoms with van der Waals surface area (Å²) in [6.45, 7) is 6.48. The summed E-state index contributed by atoms with van der Waals surface area (Å²) in [6, 6.07) is 0. The lowest BCUT2D eigenvalue weighted by molar-refractivity contribution is -0.152. The van der Waals surface area contributed by atoms with E-state index in [1.54, 1.807) is 0 Å². The standard InChI is InChI=1S/C40H70O6/c1-4-6-24-30-37(41)31-26-21-17-13-8-7-9-14-18-22-27-32-39(43)45-34-38(42)35-46-40(44)33-28-23-19-15-11-10-12-16-20-25-29-36(3)5-2/h7-8,14,17-18,21,26,31,36-38,41-42H,4-6,9-13,15-16,19-20,22-25,27-30,32-35H2,1-3H3/b8-7-,18-14-,21-17-,31-26+/t36?,37-,38+/m1/s1. The van der Waals surface area contributed by atoms with Gasteiger partial charge in [0, 0.05) is 12.8 Å². The quantitative estimate of drug-likeness (QED) is 0.0327. The third-order valence-corrected chi connectivity index (χ3v) is 8.21. The SMILES string of the molecule is CCCCC[C@@H](O)/C=C/C=C\C/C=C\C/C=C\CCCC(=O)OC[C@H](O)COC(=O)CCCCCCCCCCCCC(C)CC. The molecule has 0 saturated heterocycles. The first-order valence-electron chi connectivity index (χ1n) is 18.7. The zero-order valence-corrected chi connectivity index (χ0v) is 29.8. The molecule has 0 radical (unpaired) electrons. The summed E-state index contributed by atoms with van der Waals surface area (Å²) in [7, 11) is 0. The normalized spacial score (nSPS) is 14.1. The van der Waals surface area contributed by atoms with E-state index in [0.29, 0.717) is 12.8 Å². The highest BCUT2D eigenvalue weighted by atomic mass is 16.6. The lowest BCUT2D eigenvalue weighted by Gasteiger charge is -2.12. The highest BCUT2D eigenvalue weighted by Gasteiger charge is 2.12. The van der Waals surface area contributed by atoms with Crippen molar-refractivity contribution in [1.82, 2.24) is 0 Å². The molecule has 0 fully saturated rings. The van der Waals surface area contributed by atoms with Gasteiger partial charge in [-0.3, -0.25) is 9.59 Å². The number of aliphatic hydroxyl groups excluding tert-OH is 2. The third-order valence-electron chi connectivity index (χ3n) is 8.21. The van der Waals surface area contributed by atoms with E-state index < -0.39 is 6.10 Å². The lowest BCUT2D eigenvalue weighted by atomic mass is 9.99. The van der Waals surface area contributed by atoms with E-state index in [1.807, 2.05) is 18.2 Å². The molecular formula is C40H70O6. The Kier molecular flexibility index (Phi) is 32.5. The summed E-state index contributed by atoms with van der Waals surface area (Å²) in [5.74, 6) is 0.215. The molecule has 266 valence electrons. The van der Waals surface area contributed by atoms with Gasteiger partial charge in [-0.05, 0) is 44.4 Å². The van der Waals surface area contributed by atoms with Gasteiger partial charge >= 0.3 is 11.9 Å². The zero-order chi connectivity index (χ0) is 33.9. The Bertz CT molecular complexity index is 815. The molecule has 6 nitrogen and oxygen atoms in total. The van der Waals surface area contributed by atoms with Gasteiger partial charge in [0.1, 0.15) is 19.3 Å². The second kappa shape index (κ2) is 34.2. The first-order valence-corrected chi connectivity index (χ1v) is 18.7. The topological polar surface area (TPSA) is 93.1 Å². The molecule has 0 amide bonds. The molecular weight excluding hydrogens is 576 g/mol. The van der Waals surface area contributed by atoms with E-state index in [4.69, 9.17) is 9.47 Å². The molecule has 0 aromatic heterocycles. The van der Waals surface area contributed by atoms with Crippen LogP contribution < -0.4 is 0 Å². The predicted molar refractivity (Wildman–Crippen MR) is 193 cm³/mol. The lowest BCUT2D eigenvalue weighted by Crippen LogP contribution is -2.25. The van der Waals surface area contributed by atoms with Gasteiger partial charge in [0.15, 0.2) is 0 Å². The van der Waals surface area contributed by atoms with Crippen LogP contribution in [0, 0.1) is 5.92 Å². The molecule has 0 aliphatic rings. The average Bonchev–Trinajstić information content (AvgIpc) is 3.05. The summed E-state index contributed by atoms with van der Waals surface area (Å²) < 4.78 is 10.3. The summed E-state index contributed by atoms with van der Waals surface area (Å²) in [5.41, 5.74) is 0. The van der Waals surface area contributed by atoms with Gasteiger partial charge in [0.05, 0.1) is 6.10 Å². The number of carbonyl (C=O) groups excluding carboxylic acids is 2. The molecule has 6 heteroatoms. The Morgan fingerprint density at radius 2 is 1.13 bits per heavy atom. The fraction of sp³-hybridized carbons (Fsp3) is 0.750. The second-order valence-electron chi connectivity index (χ2n) is 12.8. The molecule has 0 aromatic rings. The van der Waals surface area contributed by atoms with Crippen molar-refractivity contribution in [2.24, 2.45) is 5.92 Å². The number of hydrogen-bond donors (Lipinski definition) is 2. The van der Waals surface area contributed by atoms with Gasteiger partial charge in [0.25, 0.3) is 0 Å². The molecule has 0 bridgehead atoms. The largest absolute Gasteiger partial charge is 0.463 e. The highest BCUT2D eigenvalue weighted by Crippen LogP contribution is 2.15. The van der Waals surface area contributed by atoms with Crippen LogP contribution in [0.25, 0.3) is 0 Å². The molecule has 0 aliphatic heterocycles. The van der Waals surface area contributed by atoms with Crippen molar-refractivity contribution < 1.29 is 29.3 Å². The Morgan fingerprint density at radius 1 is 0.609 bits per heavy atom. The zero-order valence-electron chi connectivity index (χ0n) is 29.8. The van der Waals surface area contributed by atoms with Crippen LogP contribution in [0.15, 0.2) is 48.6 Å². The fourth-order valence-electron chi connectivity index (χ4n) is 4.93. The maximum absolute atomic E-state index is 11.9. The van der Waals surface area contributed by atoms with E-state index in [1.165, 1.54) is 64.2 Å². The van der Waals surface area contributed by atoms with Crippen molar-refractivity contribution >= 4 is 11.9 Å². The first kappa shape index (κ1) is 43.8. The van der Waals surface area contributed by atoms with E-state index in [-0.39, 0.29) is 37.7 Å². The van der Waals surface area contributed by atoms with Gasteiger partial charge in [-0.15, -0.1) is 0 Å². The maximum Gasteiger partial charge on any atom is 0.305 e. The number of allylic oxidation sites excluding steroid dienone is 7. The molecule has 3 atom stereocenters. The van der Waals surface area contributed by atoms with Gasteiger partial charge < -0.3 is 19.7 Å². The molecule has 2 N–H and O–H groups in total. The maximum atomic E-state index is 11.9. The molecule has 0 saturated carbocycles. The van der Waals surface area contributed by atoms with E-state index in [2.05, 4.69) is 51.2 Å². The molecule has 46 heavy (non-hydrogen) atoms. The van der Waals surface area contributed by atoms with Gasteiger partial charge in [-0.1, -0.05) is 159 Å². The van der Waals surface area contributed by atoms with Crippen LogP contribution >= 0.6 is 0 Å². The van der Waals surface area contributed by atoms with Crippen LogP contribution in [-0.4, -0.2) is 47.6 Å². The minimum absolute atomic E-state index is 0.144. The Hall–Kier alpha value is -2.18. The predicted octanol–water partition coefficient (Wildman–Crippen LogP) is 10.3. The minimum Gasteiger partial charge on any atom is -0.463 e. The Labute approximate surface area is 282 Å². The van der Waals surface area contributed by atoms with Gasteiger partial charge in [-0.2, -0.15) is 0 Å². The Balaban J connectivity index is 3.61. The van der Waals surface area contributed by atoms with Crippen LogP contribution in [0.4, 0.5) is 0 Å². The number of unbranched alkanes of at least 4 members (excludes halogenated alkanes) is 12. The van der Waals surface area contributed by atoms with Gasteiger partial charge in [0.2, 0.25) is 0 Å². The molecule has 0 aliphatic carbocycles. The number of aliphatic hydroxyl groups is 2. The van der Waals surface area contributed by atoms with Crippen LogP contribution in [-0.2, 0) is 19.1 Å². The summed E-state index contributed by atoms with van der Waals surface area (Å²) in [4.78, 5) is 23.9. The van der Waals surface area contributed by atoms with E-state index in [0.717, 1.165) is 63.7 Å². The first-order chi connectivity index (χ1) is 22.4. The average molecular weight is 647 g/mol. The van der Waals surface area contributed by atoms with Crippen molar-refractivity contribution in [3.63, 3.8) is 0 Å². The second-order valence-corrected chi connectivity index (χ2v) is 12.8. The summed E-state index contributed by atoms with van der Waals surface area (Å²) in [6.07, 6.45) is 37.7. The number of rotatable bonds is 32. The van der Waals surface area contributed by atoms with Crippen LogP contribution in [0.5, 0.6) is 0 Å². The number of hydrogen-bond acceptors (Lipinski definition) is 6. The van der Waals surface area contributed by atoms with Crippen LogP contribution in [0.1, 0.15) is 162 Å². The molecule has 0 rings (SSSR count). The summed E-state index contributed by atoms with van der Waals surface area (Å²) in [5, 5.41) is 19.8. The van der Waals surface area contributed by atoms with Crippen molar-refractivity contribution in [1.29, 1.82) is 0 Å². The molecule has 0 aromatic carbocycles. The minimum atomic E-state index is -0.998. The monoisotopic (exact) mass is 647 g/mol. The number of esters is 2. The molecule has 1 unspecified atom stereocenters. The van der Waals surface area contributed by atoms with Crippen molar-refractivity contribution in [3.8, 4) is 0 Å². The van der Waals surface area contributed by atoms with E-state index >= 15 is 0 Å². The summed E-state index contributed by atoms with van der Waals surface area (Å²) >= 11 is 0.